The van der Waals surface area contributed by atoms with Crippen LogP contribution in [0.5, 0.6) is 0 Å². The first-order valence-electron chi connectivity index (χ1n) is 5.79. The zero-order valence-electron chi connectivity index (χ0n) is 8.96. The molecule has 1 unspecified atom stereocenters. The van der Waals surface area contributed by atoms with Crippen LogP contribution < -0.4 is 5.32 Å². The van der Waals surface area contributed by atoms with Crippen molar-refractivity contribution in [2.45, 2.75) is 38.6 Å². The van der Waals surface area contributed by atoms with Gasteiger partial charge in [0.2, 0.25) is 5.91 Å². The summed E-state index contributed by atoms with van der Waals surface area (Å²) in [5.41, 5.74) is 0. The number of nitrogens with one attached hydrogen (secondary N) is 1. The second kappa shape index (κ2) is 4.30. The molecule has 0 saturated carbocycles. The first-order valence-corrected chi connectivity index (χ1v) is 5.79. The van der Waals surface area contributed by atoms with E-state index in [2.05, 4.69) is 17.1 Å². The maximum atomic E-state index is 11.8. The monoisotopic (exact) mass is 196 g/mol. The van der Waals surface area contributed by atoms with Gasteiger partial charge in [0.1, 0.15) is 0 Å². The molecular weight excluding hydrogens is 176 g/mol. The maximum absolute atomic E-state index is 11.8. The van der Waals surface area contributed by atoms with Crippen molar-refractivity contribution in [3.63, 3.8) is 0 Å². The number of carbonyl (C=O) groups excluding carboxylic acids is 1. The van der Waals surface area contributed by atoms with Crippen molar-refractivity contribution in [3.05, 3.63) is 0 Å². The summed E-state index contributed by atoms with van der Waals surface area (Å²) >= 11 is 0. The highest BCUT2D eigenvalue weighted by Gasteiger charge is 2.27. The molecule has 3 nitrogen and oxygen atoms in total. The highest BCUT2D eigenvalue weighted by molar-refractivity contribution is 5.79. The summed E-state index contributed by atoms with van der Waals surface area (Å²) in [6, 6.07) is 0.559. The molecule has 14 heavy (non-hydrogen) atoms. The van der Waals surface area contributed by atoms with Gasteiger partial charge in [-0.25, -0.2) is 0 Å². The molecule has 0 bridgehead atoms. The highest BCUT2D eigenvalue weighted by atomic mass is 16.2. The Morgan fingerprint density at radius 1 is 1.43 bits per heavy atom. The fourth-order valence-electron chi connectivity index (χ4n) is 2.49. The van der Waals surface area contributed by atoms with Gasteiger partial charge in [0, 0.05) is 25.0 Å². The van der Waals surface area contributed by atoms with Crippen molar-refractivity contribution in [2.24, 2.45) is 5.92 Å². The third-order valence-electron chi connectivity index (χ3n) is 3.40. The molecule has 1 amide bonds. The number of likely N-dealkylation sites (tertiary alicyclic amines) is 1. The molecular formula is C11H20N2O. The molecule has 2 rings (SSSR count). The second-order valence-electron chi connectivity index (χ2n) is 4.62. The predicted molar refractivity (Wildman–Crippen MR) is 56.0 cm³/mol. The Bertz CT molecular complexity index is 211. The average Bonchev–Trinajstić information content (AvgIpc) is 2.66. The minimum atomic E-state index is 0.255. The maximum Gasteiger partial charge on any atom is 0.225 e. The lowest BCUT2D eigenvalue weighted by Crippen LogP contribution is -2.46. The van der Waals surface area contributed by atoms with Gasteiger partial charge in [-0.1, -0.05) is 6.92 Å². The van der Waals surface area contributed by atoms with Crippen LogP contribution in [-0.2, 0) is 4.79 Å². The van der Waals surface area contributed by atoms with Gasteiger partial charge in [0.25, 0.3) is 0 Å². The zero-order chi connectivity index (χ0) is 9.97. The van der Waals surface area contributed by atoms with Gasteiger partial charge >= 0.3 is 0 Å². The summed E-state index contributed by atoms with van der Waals surface area (Å²) < 4.78 is 0. The highest BCUT2D eigenvalue weighted by Crippen LogP contribution is 2.18. The van der Waals surface area contributed by atoms with Gasteiger partial charge in [-0.15, -0.1) is 0 Å². The molecule has 0 aromatic rings. The van der Waals surface area contributed by atoms with Crippen molar-refractivity contribution < 1.29 is 4.79 Å². The normalized spacial score (nSPS) is 33.8. The van der Waals surface area contributed by atoms with Crippen molar-refractivity contribution in [3.8, 4) is 0 Å². The van der Waals surface area contributed by atoms with Gasteiger partial charge in [0.05, 0.1) is 0 Å². The fraction of sp³-hybridized carbons (Fsp3) is 0.909. The van der Waals surface area contributed by atoms with Crippen LogP contribution in [0.3, 0.4) is 0 Å². The summed E-state index contributed by atoms with van der Waals surface area (Å²) in [4.78, 5) is 13.9. The van der Waals surface area contributed by atoms with Gasteiger partial charge in [-0.2, -0.15) is 0 Å². The summed E-state index contributed by atoms with van der Waals surface area (Å²) in [5.74, 6) is 0.620. The molecule has 0 aromatic heterocycles. The molecule has 2 fully saturated rings. The van der Waals surface area contributed by atoms with Crippen molar-refractivity contribution in [1.82, 2.24) is 10.2 Å². The lowest BCUT2D eigenvalue weighted by molar-refractivity contribution is -0.138. The Balaban J connectivity index is 1.86. The van der Waals surface area contributed by atoms with E-state index in [0.717, 1.165) is 26.1 Å². The van der Waals surface area contributed by atoms with E-state index in [4.69, 9.17) is 0 Å². The Morgan fingerprint density at radius 3 is 3.00 bits per heavy atom. The van der Waals surface area contributed by atoms with Crippen LogP contribution in [-0.4, -0.2) is 36.5 Å². The summed E-state index contributed by atoms with van der Waals surface area (Å²) in [5, 5.41) is 3.45. The molecule has 0 spiro atoms. The lowest BCUT2D eigenvalue weighted by atomic mass is 9.98. The minimum absolute atomic E-state index is 0.255. The Hall–Kier alpha value is -0.570. The van der Waals surface area contributed by atoms with Crippen LogP contribution >= 0.6 is 0 Å². The first-order chi connectivity index (χ1) is 6.77. The largest absolute Gasteiger partial charge is 0.341 e. The Labute approximate surface area is 85.8 Å². The van der Waals surface area contributed by atoms with E-state index in [1.165, 1.54) is 19.3 Å². The van der Waals surface area contributed by atoms with E-state index in [-0.39, 0.29) is 5.92 Å². The number of rotatable bonds is 2. The second-order valence-corrected chi connectivity index (χ2v) is 4.62. The quantitative estimate of drug-likeness (QED) is 0.714. The SMILES string of the molecule is CC1CCCN(C[C@H]2CCCN2)C1=O. The summed E-state index contributed by atoms with van der Waals surface area (Å²) in [6.07, 6.45) is 4.76. The van der Waals surface area contributed by atoms with Crippen molar-refractivity contribution in [2.75, 3.05) is 19.6 Å². The van der Waals surface area contributed by atoms with Crippen LogP contribution in [0.25, 0.3) is 0 Å². The lowest BCUT2D eigenvalue weighted by Gasteiger charge is -2.32. The molecule has 2 aliphatic rings. The predicted octanol–water partition coefficient (Wildman–Crippen LogP) is 0.997. The van der Waals surface area contributed by atoms with Gasteiger partial charge in [0.15, 0.2) is 0 Å². The molecule has 3 heteroatoms. The van der Waals surface area contributed by atoms with Crippen LogP contribution in [0.1, 0.15) is 32.6 Å². The third kappa shape index (κ3) is 2.08. The fourth-order valence-corrected chi connectivity index (χ4v) is 2.49. The standard InChI is InChI=1S/C11H20N2O/c1-9-4-3-7-13(11(9)14)8-10-5-2-6-12-10/h9-10,12H,2-8H2,1H3/t9?,10-/m1/s1. The van der Waals surface area contributed by atoms with E-state index >= 15 is 0 Å². The molecule has 2 aliphatic heterocycles. The molecule has 1 N–H and O–H groups in total. The number of carbonyl (C=O) groups is 1. The minimum Gasteiger partial charge on any atom is -0.341 e. The van der Waals surface area contributed by atoms with Crippen LogP contribution in [0.15, 0.2) is 0 Å². The molecule has 0 aliphatic carbocycles. The smallest absolute Gasteiger partial charge is 0.225 e. The van der Waals surface area contributed by atoms with E-state index in [1.807, 2.05) is 0 Å². The molecule has 80 valence electrons. The molecule has 2 saturated heterocycles. The van der Waals surface area contributed by atoms with Crippen molar-refractivity contribution in [1.29, 1.82) is 0 Å². The molecule has 0 radical (unpaired) electrons. The number of nitrogens with zero attached hydrogens (tertiary/aromatic N) is 1. The Morgan fingerprint density at radius 2 is 2.29 bits per heavy atom. The molecule has 0 aromatic carbocycles. The van der Waals surface area contributed by atoms with Crippen LogP contribution in [0.2, 0.25) is 0 Å². The van der Waals surface area contributed by atoms with E-state index < -0.39 is 0 Å². The van der Waals surface area contributed by atoms with Crippen molar-refractivity contribution >= 4 is 5.91 Å². The number of amides is 1. The van der Waals surface area contributed by atoms with Crippen LogP contribution in [0.4, 0.5) is 0 Å². The average molecular weight is 196 g/mol. The van der Waals surface area contributed by atoms with Gasteiger partial charge < -0.3 is 10.2 Å². The number of piperidine rings is 1. The van der Waals surface area contributed by atoms with Crippen LogP contribution in [0, 0.1) is 5.92 Å². The third-order valence-corrected chi connectivity index (χ3v) is 3.40. The van der Waals surface area contributed by atoms with E-state index in [9.17, 15) is 4.79 Å². The van der Waals surface area contributed by atoms with Gasteiger partial charge in [-0.05, 0) is 32.2 Å². The number of hydrogen-bond donors (Lipinski definition) is 1. The topological polar surface area (TPSA) is 32.3 Å². The number of hydrogen-bond acceptors (Lipinski definition) is 2. The zero-order valence-corrected chi connectivity index (χ0v) is 8.96. The summed E-state index contributed by atoms with van der Waals surface area (Å²) in [6.45, 7) is 5.09. The van der Waals surface area contributed by atoms with E-state index in [1.54, 1.807) is 0 Å². The van der Waals surface area contributed by atoms with Gasteiger partial charge in [-0.3, -0.25) is 4.79 Å². The first kappa shape index (κ1) is 9.97. The summed E-state index contributed by atoms with van der Waals surface area (Å²) in [7, 11) is 0. The Kier molecular flexibility index (Phi) is 3.06. The van der Waals surface area contributed by atoms with E-state index in [0.29, 0.717) is 11.9 Å². The molecule has 2 heterocycles. The molecule has 2 atom stereocenters.